The lowest BCUT2D eigenvalue weighted by atomic mass is 10.2. The van der Waals surface area contributed by atoms with Gasteiger partial charge in [-0.05, 0) is 6.92 Å². The first-order valence-electron chi connectivity index (χ1n) is 4.03. The summed E-state index contributed by atoms with van der Waals surface area (Å²) in [6, 6.07) is 6.43. The Kier molecular flexibility index (Phi) is 5.40. The van der Waals surface area contributed by atoms with E-state index in [1.165, 1.54) is 12.1 Å². The predicted molar refractivity (Wildman–Crippen MR) is 55.7 cm³/mol. The zero-order chi connectivity index (χ0) is 11.8. The Morgan fingerprint density at radius 1 is 1.47 bits per heavy atom. The molecule has 1 aromatic carbocycles. The fourth-order valence-corrected chi connectivity index (χ4v) is 0.666. The topological polar surface area (TPSA) is 80.4 Å². The van der Waals surface area contributed by atoms with Gasteiger partial charge in [-0.1, -0.05) is 24.3 Å². The van der Waals surface area contributed by atoms with Crippen LogP contribution < -0.4 is 0 Å². The zero-order valence-electron chi connectivity index (χ0n) is 8.21. The van der Waals surface area contributed by atoms with Crippen molar-refractivity contribution in [2.75, 3.05) is 0 Å². The molecular weight excluding hydrogens is 198 g/mol. The van der Waals surface area contributed by atoms with Gasteiger partial charge in [0, 0.05) is 18.2 Å². The highest BCUT2D eigenvalue weighted by Crippen LogP contribution is 2.10. The Bertz CT molecular complexity index is 356. The van der Waals surface area contributed by atoms with Crippen LogP contribution in [0.25, 0.3) is 0 Å². The van der Waals surface area contributed by atoms with Crippen molar-refractivity contribution in [2.45, 2.75) is 6.92 Å². The summed E-state index contributed by atoms with van der Waals surface area (Å²) in [5.41, 5.74) is 1.18. The van der Waals surface area contributed by atoms with E-state index < -0.39 is 10.9 Å². The number of hydrogen-bond donors (Lipinski definition) is 1. The zero-order valence-corrected chi connectivity index (χ0v) is 8.21. The predicted octanol–water partition coefficient (Wildman–Crippen LogP) is 2.16. The molecule has 15 heavy (non-hydrogen) atoms. The number of non-ortho nitro benzene ring substituents is 1. The minimum absolute atomic E-state index is 0.144. The van der Waals surface area contributed by atoms with Gasteiger partial charge in [-0.15, -0.1) is 0 Å². The van der Waals surface area contributed by atoms with Crippen molar-refractivity contribution in [3.63, 3.8) is 0 Å². The van der Waals surface area contributed by atoms with E-state index in [1.807, 2.05) is 6.92 Å². The maximum atomic E-state index is 10.1. The molecule has 0 bridgehead atoms. The van der Waals surface area contributed by atoms with Crippen LogP contribution in [-0.4, -0.2) is 16.0 Å². The third-order valence-corrected chi connectivity index (χ3v) is 1.42. The molecular formula is C10H11NO4. The molecule has 0 aliphatic rings. The van der Waals surface area contributed by atoms with Gasteiger partial charge in [0.1, 0.15) is 0 Å². The number of carboxylic acids is 1. The van der Waals surface area contributed by atoms with E-state index in [0.29, 0.717) is 0 Å². The molecule has 0 radical (unpaired) electrons. The average molecular weight is 209 g/mol. The van der Waals surface area contributed by atoms with Crippen molar-refractivity contribution >= 4 is 11.7 Å². The van der Waals surface area contributed by atoms with Crippen LogP contribution in [0.4, 0.5) is 5.69 Å². The Morgan fingerprint density at radius 2 is 1.87 bits per heavy atom. The molecule has 1 N–H and O–H groups in total. The molecule has 5 nitrogen and oxygen atoms in total. The summed E-state index contributed by atoms with van der Waals surface area (Å²) in [7, 11) is 0. The highest BCUT2D eigenvalue weighted by Gasteiger charge is 2.00. The number of aliphatic carboxylic acids is 1. The highest BCUT2D eigenvalue weighted by atomic mass is 16.6. The van der Waals surface area contributed by atoms with Crippen LogP contribution in [0.3, 0.4) is 0 Å². The van der Waals surface area contributed by atoms with Gasteiger partial charge in [-0.25, -0.2) is 4.79 Å². The maximum Gasteiger partial charge on any atom is 0.327 e. The number of nitro groups is 1. The Hall–Kier alpha value is -2.17. The van der Waals surface area contributed by atoms with Gasteiger partial charge < -0.3 is 5.11 Å². The lowest BCUT2D eigenvalue weighted by Gasteiger charge is -1.90. The molecule has 0 saturated heterocycles. The number of nitrogens with zero attached hydrogens (tertiary/aromatic N) is 1. The Balaban J connectivity index is 0.000000336. The summed E-state index contributed by atoms with van der Waals surface area (Å²) in [5.74, 6) is -0.981. The number of nitro benzene ring substituents is 1. The summed E-state index contributed by atoms with van der Waals surface area (Å²) in [6.07, 6.45) is 0.833. The summed E-state index contributed by atoms with van der Waals surface area (Å²) in [6.45, 7) is 4.85. The lowest BCUT2D eigenvalue weighted by molar-refractivity contribution is -0.384. The molecule has 0 saturated carbocycles. The number of aryl methyl sites for hydroxylation is 1. The van der Waals surface area contributed by atoms with Crippen molar-refractivity contribution in [2.24, 2.45) is 0 Å². The van der Waals surface area contributed by atoms with Gasteiger partial charge in [-0.2, -0.15) is 0 Å². The molecule has 80 valence electrons. The van der Waals surface area contributed by atoms with Gasteiger partial charge in [0.15, 0.2) is 0 Å². The molecule has 0 aliphatic carbocycles. The summed E-state index contributed by atoms with van der Waals surface area (Å²) in [4.78, 5) is 19.0. The quantitative estimate of drug-likeness (QED) is 0.459. The molecule has 0 amide bonds. The van der Waals surface area contributed by atoms with Crippen molar-refractivity contribution in [3.8, 4) is 0 Å². The average Bonchev–Trinajstić information content (AvgIpc) is 2.19. The van der Waals surface area contributed by atoms with E-state index >= 15 is 0 Å². The van der Waals surface area contributed by atoms with Gasteiger partial charge in [0.2, 0.25) is 0 Å². The fourth-order valence-electron chi connectivity index (χ4n) is 0.666. The van der Waals surface area contributed by atoms with Crippen molar-refractivity contribution in [1.29, 1.82) is 0 Å². The van der Waals surface area contributed by atoms with Crippen LogP contribution in [0.1, 0.15) is 5.56 Å². The molecule has 0 heterocycles. The highest BCUT2D eigenvalue weighted by molar-refractivity contribution is 5.78. The summed E-state index contributed by atoms with van der Waals surface area (Å²) in [5, 5.41) is 17.7. The second-order valence-corrected chi connectivity index (χ2v) is 2.64. The fraction of sp³-hybridized carbons (Fsp3) is 0.100. The molecule has 0 aromatic heterocycles. The second-order valence-electron chi connectivity index (χ2n) is 2.64. The molecule has 0 unspecified atom stereocenters. The number of benzene rings is 1. The lowest BCUT2D eigenvalue weighted by Crippen LogP contribution is -1.86. The molecule has 1 aromatic rings. The number of carboxylic acid groups (broad SMARTS) is 1. The van der Waals surface area contributed by atoms with Crippen LogP contribution in [-0.2, 0) is 4.79 Å². The molecule has 0 spiro atoms. The van der Waals surface area contributed by atoms with Gasteiger partial charge >= 0.3 is 5.97 Å². The van der Waals surface area contributed by atoms with Crippen LogP contribution in [0.2, 0.25) is 0 Å². The van der Waals surface area contributed by atoms with E-state index in [9.17, 15) is 14.9 Å². The van der Waals surface area contributed by atoms with E-state index in [0.717, 1.165) is 11.6 Å². The summed E-state index contributed by atoms with van der Waals surface area (Å²) < 4.78 is 0. The third-order valence-electron chi connectivity index (χ3n) is 1.42. The summed E-state index contributed by atoms with van der Waals surface area (Å²) >= 11 is 0. The van der Waals surface area contributed by atoms with Crippen molar-refractivity contribution in [1.82, 2.24) is 0 Å². The normalized spacial score (nSPS) is 8.33. The van der Waals surface area contributed by atoms with E-state index in [2.05, 4.69) is 6.58 Å². The van der Waals surface area contributed by atoms with Gasteiger partial charge in [0.25, 0.3) is 5.69 Å². The Morgan fingerprint density at radius 3 is 2.13 bits per heavy atom. The SMILES string of the molecule is C=CC(=O)O.Cc1ccc([N+](=O)[O-])cc1. The second kappa shape index (κ2) is 6.31. The Labute approximate surface area is 86.8 Å². The van der Waals surface area contributed by atoms with Gasteiger partial charge in [-0.3, -0.25) is 10.1 Å². The number of rotatable bonds is 2. The smallest absolute Gasteiger partial charge is 0.327 e. The first kappa shape index (κ1) is 12.8. The number of carbonyl (C=O) groups is 1. The van der Waals surface area contributed by atoms with Crippen LogP contribution in [0.15, 0.2) is 36.9 Å². The van der Waals surface area contributed by atoms with E-state index in [4.69, 9.17) is 5.11 Å². The standard InChI is InChI=1S/C7H7NO2.C3H4O2/c1-6-2-4-7(5-3-6)8(9)10;1-2-3(4)5/h2-5H,1H3;2H,1H2,(H,4,5). The van der Waals surface area contributed by atoms with Crippen molar-refractivity contribution < 1.29 is 14.8 Å². The molecule has 0 aliphatic heterocycles. The van der Waals surface area contributed by atoms with E-state index in [-0.39, 0.29) is 5.69 Å². The minimum atomic E-state index is -0.981. The third kappa shape index (κ3) is 5.98. The number of hydrogen-bond acceptors (Lipinski definition) is 3. The largest absolute Gasteiger partial charge is 0.478 e. The van der Waals surface area contributed by atoms with Crippen LogP contribution in [0.5, 0.6) is 0 Å². The molecule has 0 atom stereocenters. The van der Waals surface area contributed by atoms with E-state index in [1.54, 1.807) is 12.1 Å². The molecule has 0 fully saturated rings. The van der Waals surface area contributed by atoms with Crippen molar-refractivity contribution in [3.05, 3.63) is 52.6 Å². The van der Waals surface area contributed by atoms with Gasteiger partial charge in [0.05, 0.1) is 4.92 Å². The minimum Gasteiger partial charge on any atom is -0.478 e. The monoisotopic (exact) mass is 209 g/mol. The van der Waals surface area contributed by atoms with Crippen LogP contribution >= 0.6 is 0 Å². The molecule has 5 heteroatoms. The first-order valence-corrected chi connectivity index (χ1v) is 4.03. The van der Waals surface area contributed by atoms with Crippen LogP contribution in [0, 0.1) is 17.0 Å². The molecule has 1 rings (SSSR count). The maximum absolute atomic E-state index is 10.1. The first-order chi connectivity index (χ1) is 6.97.